The van der Waals surface area contributed by atoms with Crippen LogP contribution in [0.2, 0.25) is 0 Å². The number of fused-ring (bicyclic) bond motifs is 8. The van der Waals surface area contributed by atoms with Crippen molar-refractivity contribution in [3.8, 4) is 45.0 Å². The summed E-state index contributed by atoms with van der Waals surface area (Å²) in [5, 5.41) is 18.3. The molecule has 0 spiro atoms. The fourth-order valence-corrected chi connectivity index (χ4v) is 17.7. The number of hydrogen-bond donors (Lipinski definition) is 6. The Labute approximate surface area is 830 Å². The van der Waals surface area contributed by atoms with Gasteiger partial charge in [-0.05, 0) is 165 Å². The van der Waals surface area contributed by atoms with E-state index >= 15 is 0 Å². The highest BCUT2D eigenvalue weighted by Crippen LogP contribution is 2.42. The molecule has 0 fully saturated rings. The zero-order valence-electron chi connectivity index (χ0n) is 80.7. The Bertz CT molecular complexity index is 7670. The van der Waals surface area contributed by atoms with Gasteiger partial charge in [0, 0.05) is 149 Å². The molecule has 0 radical (unpaired) electrons. The van der Waals surface area contributed by atoms with Crippen molar-refractivity contribution in [2.75, 3.05) is 102 Å². The number of rotatable bonds is 22. The number of benzene rings is 4. The van der Waals surface area contributed by atoms with Crippen LogP contribution >= 0.6 is 0 Å². The van der Waals surface area contributed by atoms with Gasteiger partial charge in [-0.15, -0.1) is 0 Å². The second-order valence-electron chi connectivity index (χ2n) is 36.3. The van der Waals surface area contributed by atoms with Crippen molar-refractivity contribution < 1.29 is 87.8 Å². The maximum atomic E-state index is 15.0. The maximum Gasteiger partial charge on any atom is 0.408 e. The summed E-state index contributed by atoms with van der Waals surface area (Å²) in [7, 11) is 8.16. The zero-order valence-corrected chi connectivity index (χ0v) is 80.7. The van der Waals surface area contributed by atoms with Gasteiger partial charge in [0.25, 0.3) is 0 Å². The summed E-state index contributed by atoms with van der Waals surface area (Å²) in [5.41, 5.74) is 5.55. The fraction of sp³-hybridized carbons (Fsp3) is 0.347. The number of likely N-dealkylation sites (N-methyl/N-ethyl adjacent to an activating group) is 2. The number of nitrogens with one attached hydrogen (secondary N) is 6. The fourth-order valence-electron chi connectivity index (χ4n) is 17.7. The van der Waals surface area contributed by atoms with Crippen LogP contribution < -0.4 is 31.9 Å². The highest BCUT2D eigenvalue weighted by molar-refractivity contribution is 5.87. The van der Waals surface area contributed by atoms with E-state index in [-0.39, 0.29) is 136 Å². The molecule has 2 unspecified atom stereocenters. The lowest BCUT2D eigenvalue weighted by Gasteiger charge is -2.29. The molecule has 4 aromatic carbocycles. The minimum atomic E-state index is -4.59. The van der Waals surface area contributed by atoms with E-state index in [1.54, 1.807) is 24.3 Å². The van der Waals surface area contributed by atoms with Crippen molar-refractivity contribution in [3.05, 3.63) is 237 Å². The molecule has 6 N–H and O–H groups in total. The van der Waals surface area contributed by atoms with Crippen molar-refractivity contribution in [1.82, 2.24) is 128 Å². The maximum absolute atomic E-state index is 15.0. The van der Waals surface area contributed by atoms with Crippen LogP contribution in [0.3, 0.4) is 0 Å². The third-order valence-corrected chi connectivity index (χ3v) is 25.1. The number of anilines is 8. The topological polar surface area (TPSA) is 311 Å². The predicted molar refractivity (Wildman–Crippen MR) is 511 cm³/mol. The van der Waals surface area contributed by atoms with E-state index in [0.717, 1.165) is 230 Å². The van der Waals surface area contributed by atoms with Crippen molar-refractivity contribution in [1.29, 1.82) is 0 Å². The van der Waals surface area contributed by atoms with Gasteiger partial charge in [0.2, 0.25) is 23.8 Å². The first-order valence-corrected chi connectivity index (χ1v) is 46.4. The molecule has 2 atom stereocenters. The van der Waals surface area contributed by atoms with Gasteiger partial charge in [0.1, 0.15) is 117 Å². The van der Waals surface area contributed by atoms with E-state index in [0.29, 0.717) is 23.3 Å². The number of aryl methyl sites for hydroxylation is 4. The lowest BCUT2D eigenvalue weighted by molar-refractivity contribution is -0.163. The molecule has 0 saturated heterocycles. The van der Waals surface area contributed by atoms with Crippen molar-refractivity contribution in [3.63, 3.8) is 0 Å². The molecule has 0 saturated carbocycles. The molecular formula is C98H94F20N30. The van der Waals surface area contributed by atoms with E-state index in [1.165, 1.54) is 52.0 Å². The van der Waals surface area contributed by atoms with Crippen molar-refractivity contribution in [2.24, 2.45) is 0 Å². The number of aromatic nitrogens is 20. The lowest BCUT2D eigenvalue weighted by Crippen LogP contribution is -2.36. The second-order valence-corrected chi connectivity index (χ2v) is 36.3. The number of halogens is 20. The Morgan fingerprint density at radius 1 is 0.338 bits per heavy atom. The van der Waals surface area contributed by atoms with Gasteiger partial charge in [-0.3, -0.25) is 9.80 Å². The van der Waals surface area contributed by atoms with Crippen LogP contribution in [-0.2, 0) is 65.0 Å². The van der Waals surface area contributed by atoms with Gasteiger partial charge in [-0.2, -0.15) is 52.7 Å². The number of hydrogen-bond acceptors (Lipinski definition) is 26. The molecule has 0 bridgehead atoms. The number of imidazole rings is 4. The van der Waals surface area contributed by atoms with Crippen LogP contribution in [0.5, 0.6) is 0 Å². The second kappa shape index (κ2) is 42.6. The summed E-state index contributed by atoms with van der Waals surface area (Å²) in [6, 6.07) is 19.9. The lowest BCUT2D eigenvalue weighted by atomic mass is 10.1. The quantitative estimate of drug-likeness (QED) is 0.0343. The predicted octanol–water partition coefficient (Wildman–Crippen LogP) is 19.4. The Kier molecular flexibility index (Phi) is 30.1. The molecule has 4 aliphatic rings. The summed E-state index contributed by atoms with van der Waals surface area (Å²) < 4.78 is 281. The van der Waals surface area contributed by atoms with E-state index in [2.05, 4.69) is 131 Å². The van der Waals surface area contributed by atoms with Gasteiger partial charge < -0.3 is 60.0 Å². The van der Waals surface area contributed by atoms with Gasteiger partial charge >= 0.3 is 24.7 Å². The van der Waals surface area contributed by atoms with E-state index < -0.39 is 96.4 Å². The molecule has 16 aromatic rings. The molecule has 16 heterocycles. The Balaban J connectivity index is 0.000000135. The molecule has 0 amide bonds. The Morgan fingerprint density at radius 3 is 0.905 bits per heavy atom. The molecule has 4 aliphatic heterocycles. The van der Waals surface area contributed by atoms with Crippen molar-refractivity contribution >= 4 is 91.2 Å². The van der Waals surface area contributed by atoms with Crippen LogP contribution in [0.4, 0.5) is 135 Å². The monoisotopic (exact) mass is 2070 g/mol. The largest absolute Gasteiger partial charge is 0.408 e. The molecule has 148 heavy (non-hydrogen) atoms. The average Bonchev–Trinajstić information content (AvgIpc) is 1.60. The first kappa shape index (κ1) is 105. The highest BCUT2D eigenvalue weighted by atomic mass is 19.4. The van der Waals surface area contributed by atoms with Crippen LogP contribution in [-0.4, -0.2) is 223 Å². The van der Waals surface area contributed by atoms with Crippen LogP contribution in [0.25, 0.3) is 89.2 Å². The van der Waals surface area contributed by atoms with E-state index in [1.807, 2.05) is 52.5 Å². The molecule has 12 aromatic heterocycles. The summed E-state index contributed by atoms with van der Waals surface area (Å²) in [4.78, 5) is 75.7. The minimum absolute atomic E-state index is 0.0108. The van der Waals surface area contributed by atoms with Gasteiger partial charge in [-0.1, -0.05) is 24.3 Å². The summed E-state index contributed by atoms with van der Waals surface area (Å²) >= 11 is 0. The normalized spacial score (nSPS) is 14.5. The van der Waals surface area contributed by atoms with E-state index in [4.69, 9.17) is 0 Å². The Morgan fingerprint density at radius 2 is 0.615 bits per heavy atom. The summed E-state index contributed by atoms with van der Waals surface area (Å²) in [6.45, 7) is 14.9. The number of nitrogens with zero attached hydrogens (tertiary/aromatic N) is 24. The highest BCUT2D eigenvalue weighted by Gasteiger charge is 2.42. The molecule has 0 aliphatic carbocycles. The molecule has 30 nitrogen and oxygen atoms in total. The molecule has 20 rings (SSSR count). The Hall–Kier alpha value is -14.8. The number of pyridine rings is 4. The van der Waals surface area contributed by atoms with Gasteiger partial charge in [0.15, 0.2) is 46.5 Å². The third-order valence-electron chi connectivity index (χ3n) is 25.1. The average molecular weight is 2070 g/mol. The van der Waals surface area contributed by atoms with Gasteiger partial charge in [0.05, 0.1) is 46.9 Å². The zero-order chi connectivity index (χ0) is 106. The molecule has 776 valence electrons. The first-order valence-electron chi connectivity index (χ1n) is 46.4. The van der Waals surface area contributed by atoms with E-state index in [9.17, 15) is 87.8 Å². The van der Waals surface area contributed by atoms with Crippen LogP contribution in [0.15, 0.2) is 122 Å². The van der Waals surface area contributed by atoms with Crippen LogP contribution in [0.1, 0.15) is 94.3 Å². The standard InChI is InChI=1S/C27H29F5N8.C26H27F5N8.C23H20F5N7.C22H18F5N7/c1-15(27(30,31)32)40-16(2)34-25-19(28)11-18(12-22(25)40)24-20(29)13-33-26(37-24)36-23-6-5-17-14-39(10-9-38(3)4)8-7-21(17)35-23;1-15-33-24-18(27)10-17(11-21(24)39(15)14-26(29,30)31)23-19(28)12-32-25(36-23)35-22-5-4-16-13-38(9-8-37(2)3)7-6-20(16)34-22;1-11(23(26,27)28)35-12(2)31-21-15(24)7-14(8-18(21)35)20-16(25)10-30-22(34-20)33-19-4-3-13-9-29-6-5-17(13)32-19;1-11-30-20-14(23)6-13(7-17(20)34(11)10-22(25,26)27)19-15(24)9-29-21(33-19)32-18-3-2-12-8-28-5-4-16(12)31-18/h5-6,11-13,15H,7-10,14H2,1-4H3,(H,33,35,36,37);4-5,10-12H,6-9,13-14H2,1-3H3,(H,32,34,35,36);3-4,7-8,10-11,29H,5-6,9H2,1-2H3,(H,30,32,33,34);2-3,6-7,9,28H,4-5,8,10H2,1H3,(H,29,31,32,33). The molecule has 50 heteroatoms. The minimum Gasteiger partial charge on any atom is -0.319 e. The van der Waals surface area contributed by atoms with Crippen LogP contribution in [0, 0.1) is 74.2 Å². The van der Waals surface area contributed by atoms with Gasteiger partial charge in [-0.25, -0.2) is 115 Å². The SMILES string of the molecule is Cc1nc2c(F)cc(-c3nc(Nc4ccc5c(n4)CCN(CCN(C)C)C5)ncc3F)cc2n1C(C)C(F)(F)F.Cc1nc2c(F)cc(-c3nc(Nc4ccc5c(n4)CCN(CCN(C)C)C5)ncc3F)cc2n1CC(F)(F)F.Cc1nc2c(F)cc(-c3nc(Nc4ccc5c(n4)CCNC5)ncc3F)cc2n1C(C)C(F)(F)F.Cc1nc2c(F)cc(-c3nc(Nc4ccc5c(n4)CCNC5)ncc3F)cc2n1CC(F)(F)F. The summed E-state index contributed by atoms with van der Waals surface area (Å²) in [5.74, 6) is -5.09. The molecular weight excluding hydrogens is 1980 g/mol. The third kappa shape index (κ3) is 23.9. The smallest absolute Gasteiger partial charge is 0.319 e. The summed E-state index contributed by atoms with van der Waals surface area (Å²) in [6.07, 6.45) is -11.5. The first-order chi connectivity index (χ1) is 70.2. The van der Waals surface area contributed by atoms with Crippen molar-refractivity contribution in [2.45, 2.75) is 143 Å². The number of alkyl halides is 12.